The van der Waals surface area contributed by atoms with Crippen LogP contribution < -0.4 is 10.6 Å². The van der Waals surface area contributed by atoms with Crippen molar-refractivity contribution in [2.24, 2.45) is 0 Å². The summed E-state index contributed by atoms with van der Waals surface area (Å²) in [6, 6.07) is 10.1. The summed E-state index contributed by atoms with van der Waals surface area (Å²) in [5, 5.41) is 5.64. The highest BCUT2D eigenvalue weighted by atomic mass is 16.3. The molecule has 1 aromatic heterocycles. The number of carbonyl (C=O) groups excluding carboxylic acids is 3. The van der Waals surface area contributed by atoms with Crippen molar-refractivity contribution < 1.29 is 18.8 Å². The summed E-state index contributed by atoms with van der Waals surface area (Å²) in [7, 11) is 0. The number of benzene rings is 1. The van der Waals surface area contributed by atoms with Crippen LogP contribution in [-0.4, -0.2) is 41.6 Å². The summed E-state index contributed by atoms with van der Waals surface area (Å²) in [6.45, 7) is 2.57. The van der Waals surface area contributed by atoms with Gasteiger partial charge in [0.25, 0.3) is 0 Å². The summed E-state index contributed by atoms with van der Waals surface area (Å²) in [5.74, 6) is 0.226. The van der Waals surface area contributed by atoms with Gasteiger partial charge in [0.05, 0.1) is 31.1 Å². The van der Waals surface area contributed by atoms with E-state index in [1.165, 1.54) is 6.92 Å². The van der Waals surface area contributed by atoms with Gasteiger partial charge in [0.2, 0.25) is 11.8 Å². The summed E-state index contributed by atoms with van der Waals surface area (Å²) in [4.78, 5) is 38.5. The lowest BCUT2D eigenvalue weighted by Gasteiger charge is -2.23. The number of Topliss-reactive ketones (excluding diaryl/α,β-unsaturated/α-hetero) is 1. The van der Waals surface area contributed by atoms with Gasteiger partial charge in [0, 0.05) is 5.56 Å². The minimum absolute atomic E-state index is 0.102. The van der Waals surface area contributed by atoms with Crippen LogP contribution in [0.15, 0.2) is 47.1 Å². The molecule has 2 aromatic rings. The van der Waals surface area contributed by atoms with Gasteiger partial charge in [0.15, 0.2) is 5.78 Å². The highest BCUT2D eigenvalue weighted by Crippen LogP contribution is 2.19. The molecule has 7 heteroatoms. The Hall–Kier alpha value is -2.93. The van der Waals surface area contributed by atoms with Crippen molar-refractivity contribution in [1.82, 2.24) is 10.2 Å². The lowest BCUT2D eigenvalue weighted by molar-refractivity contribution is -0.126. The SMILES string of the molecule is CC(=O)c1ccccc1NC(=O)CN1CCCC1C(=O)NCc1ccco1. The Bertz CT molecular complexity index is 816. The number of nitrogens with zero attached hydrogens (tertiary/aromatic N) is 1. The summed E-state index contributed by atoms with van der Waals surface area (Å²) in [6.07, 6.45) is 3.13. The van der Waals surface area contributed by atoms with E-state index >= 15 is 0 Å². The number of hydrogen-bond donors (Lipinski definition) is 2. The van der Waals surface area contributed by atoms with Crippen LogP contribution in [0.3, 0.4) is 0 Å². The molecule has 142 valence electrons. The van der Waals surface area contributed by atoms with Crippen molar-refractivity contribution in [1.29, 1.82) is 0 Å². The maximum Gasteiger partial charge on any atom is 0.238 e. The Morgan fingerprint density at radius 2 is 2.00 bits per heavy atom. The van der Waals surface area contributed by atoms with E-state index in [0.29, 0.717) is 36.5 Å². The fraction of sp³-hybridized carbons (Fsp3) is 0.350. The minimum Gasteiger partial charge on any atom is -0.467 e. The molecule has 1 aliphatic heterocycles. The normalized spacial score (nSPS) is 16.9. The molecule has 1 aromatic carbocycles. The number of furan rings is 1. The van der Waals surface area contributed by atoms with Crippen LogP contribution >= 0.6 is 0 Å². The zero-order valence-electron chi connectivity index (χ0n) is 15.2. The molecular weight excluding hydrogens is 346 g/mol. The third-order valence-corrected chi connectivity index (χ3v) is 4.61. The highest BCUT2D eigenvalue weighted by molar-refractivity contribution is 6.04. The molecule has 0 spiro atoms. The number of ketones is 1. The van der Waals surface area contributed by atoms with Gasteiger partial charge < -0.3 is 15.1 Å². The Kier molecular flexibility index (Phi) is 6.03. The number of anilines is 1. The number of hydrogen-bond acceptors (Lipinski definition) is 5. The van der Waals surface area contributed by atoms with Gasteiger partial charge >= 0.3 is 0 Å². The van der Waals surface area contributed by atoms with Crippen molar-refractivity contribution in [3.63, 3.8) is 0 Å². The van der Waals surface area contributed by atoms with E-state index in [9.17, 15) is 14.4 Å². The first-order valence-corrected chi connectivity index (χ1v) is 8.98. The van der Waals surface area contributed by atoms with Crippen molar-refractivity contribution in [2.45, 2.75) is 32.4 Å². The van der Waals surface area contributed by atoms with Gasteiger partial charge in [-0.3, -0.25) is 19.3 Å². The van der Waals surface area contributed by atoms with Crippen LogP contribution in [0, 0.1) is 0 Å². The molecular formula is C20H23N3O4. The molecule has 0 aliphatic carbocycles. The maximum atomic E-state index is 12.5. The number of nitrogens with one attached hydrogen (secondary N) is 2. The largest absolute Gasteiger partial charge is 0.467 e. The third-order valence-electron chi connectivity index (χ3n) is 4.61. The monoisotopic (exact) mass is 369 g/mol. The number of likely N-dealkylation sites (tertiary alicyclic amines) is 1. The Balaban J connectivity index is 1.56. The summed E-state index contributed by atoms with van der Waals surface area (Å²) in [5.41, 5.74) is 0.966. The average molecular weight is 369 g/mol. The molecule has 27 heavy (non-hydrogen) atoms. The van der Waals surface area contributed by atoms with Crippen LogP contribution in [0.1, 0.15) is 35.9 Å². The first kappa shape index (κ1) is 18.8. The average Bonchev–Trinajstić information content (AvgIpc) is 3.31. The molecule has 0 saturated carbocycles. The highest BCUT2D eigenvalue weighted by Gasteiger charge is 2.31. The van der Waals surface area contributed by atoms with E-state index < -0.39 is 0 Å². The number of rotatable bonds is 7. The first-order valence-electron chi connectivity index (χ1n) is 8.98. The maximum absolute atomic E-state index is 12.5. The van der Waals surface area contributed by atoms with E-state index in [2.05, 4.69) is 10.6 Å². The predicted octanol–water partition coefficient (Wildman–Crippen LogP) is 2.20. The molecule has 1 unspecified atom stereocenters. The fourth-order valence-corrected chi connectivity index (χ4v) is 3.29. The van der Waals surface area contributed by atoms with Crippen LogP contribution in [0.4, 0.5) is 5.69 Å². The second-order valence-electron chi connectivity index (χ2n) is 6.58. The Labute approximate surface area is 157 Å². The quantitative estimate of drug-likeness (QED) is 0.730. The third kappa shape index (κ3) is 4.83. The fourth-order valence-electron chi connectivity index (χ4n) is 3.29. The van der Waals surface area contributed by atoms with Crippen LogP contribution in [0.25, 0.3) is 0 Å². The van der Waals surface area contributed by atoms with E-state index in [0.717, 1.165) is 6.42 Å². The van der Waals surface area contributed by atoms with Gasteiger partial charge in [-0.15, -0.1) is 0 Å². The standard InChI is InChI=1S/C20H23N3O4/c1-14(24)16-7-2-3-8-17(16)22-19(25)13-23-10-4-9-18(23)20(26)21-12-15-6-5-11-27-15/h2-3,5-8,11,18H,4,9-10,12-13H2,1H3,(H,21,26)(H,22,25). The second kappa shape index (κ2) is 8.64. The lowest BCUT2D eigenvalue weighted by Crippen LogP contribution is -2.45. The zero-order valence-corrected chi connectivity index (χ0v) is 15.2. The Morgan fingerprint density at radius 3 is 2.74 bits per heavy atom. The second-order valence-corrected chi connectivity index (χ2v) is 6.58. The molecule has 0 radical (unpaired) electrons. The van der Waals surface area contributed by atoms with Crippen molar-refractivity contribution in [2.75, 3.05) is 18.4 Å². The molecule has 3 rings (SSSR count). The van der Waals surface area contributed by atoms with Gasteiger partial charge in [-0.1, -0.05) is 12.1 Å². The number of carbonyl (C=O) groups is 3. The van der Waals surface area contributed by atoms with Gasteiger partial charge in [-0.05, 0) is 50.6 Å². The van der Waals surface area contributed by atoms with E-state index in [1.54, 1.807) is 42.7 Å². The molecule has 1 atom stereocenters. The molecule has 1 aliphatic rings. The molecule has 1 saturated heterocycles. The van der Waals surface area contributed by atoms with Crippen LogP contribution in [-0.2, 0) is 16.1 Å². The predicted molar refractivity (Wildman–Crippen MR) is 100 cm³/mol. The minimum atomic E-state index is -0.339. The lowest BCUT2D eigenvalue weighted by atomic mass is 10.1. The molecule has 0 bridgehead atoms. The Morgan fingerprint density at radius 1 is 1.19 bits per heavy atom. The molecule has 2 amide bonds. The van der Waals surface area contributed by atoms with Crippen LogP contribution in [0.5, 0.6) is 0 Å². The molecule has 7 nitrogen and oxygen atoms in total. The number of para-hydroxylation sites is 1. The topological polar surface area (TPSA) is 91.7 Å². The van der Waals surface area contributed by atoms with E-state index in [1.807, 2.05) is 4.90 Å². The molecule has 1 fully saturated rings. The van der Waals surface area contributed by atoms with E-state index in [4.69, 9.17) is 4.42 Å². The van der Waals surface area contributed by atoms with Crippen molar-refractivity contribution in [3.8, 4) is 0 Å². The summed E-state index contributed by atoms with van der Waals surface area (Å²) >= 11 is 0. The van der Waals surface area contributed by atoms with Gasteiger partial charge in [-0.2, -0.15) is 0 Å². The van der Waals surface area contributed by atoms with Gasteiger partial charge in [-0.25, -0.2) is 0 Å². The van der Waals surface area contributed by atoms with E-state index in [-0.39, 0.29) is 30.2 Å². The molecule has 2 heterocycles. The smallest absolute Gasteiger partial charge is 0.238 e. The van der Waals surface area contributed by atoms with Gasteiger partial charge in [0.1, 0.15) is 5.76 Å². The number of amides is 2. The van der Waals surface area contributed by atoms with Crippen molar-refractivity contribution >= 4 is 23.3 Å². The van der Waals surface area contributed by atoms with Crippen molar-refractivity contribution in [3.05, 3.63) is 54.0 Å². The first-order chi connectivity index (χ1) is 13.0. The molecule has 2 N–H and O–H groups in total. The summed E-state index contributed by atoms with van der Waals surface area (Å²) < 4.78 is 5.21. The van der Waals surface area contributed by atoms with Crippen LogP contribution in [0.2, 0.25) is 0 Å². The zero-order chi connectivity index (χ0) is 19.2.